The molecule has 0 radical (unpaired) electrons. The summed E-state index contributed by atoms with van der Waals surface area (Å²) in [5, 5.41) is 2.79. The maximum absolute atomic E-state index is 11.5. The molecule has 4 nitrogen and oxygen atoms in total. The molecule has 0 saturated carbocycles. The van der Waals surface area contributed by atoms with Gasteiger partial charge in [0.2, 0.25) is 5.91 Å². The maximum atomic E-state index is 11.5. The summed E-state index contributed by atoms with van der Waals surface area (Å²) in [7, 11) is 1.62. The molecule has 0 aliphatic heterocycles. The first-order chi connectivity index (χ1) is 7.63. The number of halogens is 1. The minimum absolute atomic E-state index is 0.0386. The molecule has 16 heavy (non-hydrogen) atoms. The van der Waals surface area contributed by atoms with Crippen LogP contribution in [0.2, 0.25) is 0 Å². The Morgan fingerprint density at radius 1 is 1.56 bits per heavy atom. The van der Waals surface area contributed by atoms with Crippen LogP contribution in [0.4, 0.5) is 11.4 Å². The third-order valence-electron chi connectivity index (χ3n) is 2.02. The highest BCUT2D eigenvalue weighted by Gasteiger charge is 2.05. The standard InChI is InChI=1S/C11H15BrN2O2/c1-16-6-2-3-11(15)14-10-7-8(13)4-5-9(10)12/h4-5,7H,2-3,6,13H2,1H3,(H,14,15). The van der Waals surface area contributed by atoms with E-state index in [0.717, 1.165) is 4.47 Å². The van der Waals surface area contributed by atoms with Crippen molar-refractivity contribution in [1.29, 1.82) is 0 Å². The van der Waals surface area contributed by atoms with E-state index in [0.29, 0.717) is 30.8 Å². The van der Waals surface area contributed by atoms with Crippen molar-refractivity contribution in [1.82, 2.24) is 0 Å². The van der Waals surface area contributed by atoms with Crippen molar-refractivity contribution >= 4 is 33.2 Å². The third-order valence-corrected chi connectivity index (χ3v) is 2.71. The Kier molecular flexibility index (Phi) is 5.28. The molecule has 0 aliphatic rings. The Hall–Kier alpha value is -1.07. The zero-order chi connectivity index (χ0) is 12.0. The number of amides is 1. The number of carbonyl (C=O) groups excluding carboxylic acids is 1. The van der Waals surface area contributed by atoms with E-state index in [4.69, 9.17) is 10.5 Å². The van der Waals surface area contributed by atoms with E-state index in [1.807, 2.05) is 0 Å². The second kappa shape index (κ2) is 6.50. The fourth-order valence-corrected chi connectivity index (χ4v) is 1.57. The van der Waals surface area contributed by atoms with Gasteiger partial charge in [-0.25, -0.2) is 0 Å². The number of carbonyl (C=O) groups is 1. The van der Waals surface area contributed by atoms with Gasteiger partial charge in [-0.1, -0.05) is 0 Å². The van der Waals surface area contributed by atoms with Crippen LogP contribution in [0.3, 0.4) is 0 Å². The third kappa shape index (κ3) is 4.20. The number of rotatable bonds is 5. The minimum Gasteiger partial charge on any atom is -0.399 e. The normalized spacial score (nSPS) is 10.1. The molecule has 0 aliphatic carbocycles. The van der Waals surface area contributed by atoms with Crippen LogP contribution in [0.15, 0.2) is 22.7 Å². The number of anilines is 2. The summed E-state index contributed by atoms with van der Waals surface area (Å²) < 4.78 is 5.70. The summed E-state index contributed by atoms with van der Waals surface area (Å²) in [6, 6.07) is 5.29. The molecular weight excluding hydrogens is 272 g/mol. The van der Waals surface area contributed by atoms with Crippen LogP contribution in [0.5, 0.6) is 0 Å². The van der Waals surface area contributed by atoms with Crippen LogP contribution in [-0.4, -0.2) is 19.6 Å². The Bertz CT molecular complexity index is 369. The highest BCUT2D eigenvalue weighted by atomic mass is 79.9. The number of nitrogens with one attached hydrogen (secondary N) is 1. The fourth-order valence-electron chi connectivity index (χ4n) is 1.23. The summed E-state index contributed by atoms with van der Waals surface area (Å²) >= 11 is 3.35. The highest BCUT2D eigenvalue weighted by Crippen LogP contribution is 2.24. The lowest BCUT2D eigenvalue weighted by Gasteiger charge is -2.08. The van der Waals surface area contributed by atoms with Gasteiger partial charge in [-0.05, 0) is 40.5 Å². The topological polar surface area (TPSA) is 64.3 Å². The van der Waals surface area contributed by atoms with Crippen molar-refractivity contribution in [2.75, 3.05) is 24.8 Å². The molecular formula is C11H15BrN2O2. The second-order valence-corrected chi connectivity index (χ2v) is 4.24. The maximum Gasteiger partial charge on any atom is 0.224 e. The van der Waals surface area contributed by atoms with Crippen molar-refractivity contribution in [3.8, 4) is 0 Å². The number of nitrogens with two attached hydrogens (primary N) is 1. The monoisotopic (exact) mass is 286 g/mol. The SMILES string of the molecule is COCCCC(=O)Nc1cc(N)ccc1Br. The number of ether oxygens (including phenoxy) is 1. The predicted molar refractivity (Wildman–Crippen MR) is 68.3 cm³/mol. The Morgan fingerprint density at radius 2 is 2.31 bits per heavy atom. The number of hydrogen-bond donors (Lipinski definition) is 2. The van der Waals surface area contributed by atoms with Gasteiger partial charge in [0, 0.05) is 30.3 Å². The van der Waals surface area contributed by atoms with Gasteiger partial charge in [-0.2, -0.15) is 0 Å². The van der Waals surface area contributed by atoms with E-state index in [1.165, 1.54) is 0 Å². The van der Waals surface area contributed by atoms with E-state index in [9.17, 15) is 4.79 Å². The molecule has 1 aromatic carbocycles. The van der Waals surface area contributed by atoms with Gasteiger partial charge >= 0.3 is 0 Å². The molecule has 0 heterocycles. The van der Waals surface area contributed by atoms with Crippen molar-refractivity contribution in [3.63, 3.8) is 0 Å². The van der Waals surface area contributed by atoms with E-state index < -0.39 is 0 Å². The average Bonchev–Trinajstić information content (AvgIpc) is 2.24. The molecule has 0 bridgehead atoms. The highest BCUT2D eigenvalue weighted by molar-refractivity contribution is 9.10. The first kappa shape index (κ1) is 13.0. The molecule has 88 valence electrons. The Balaban J connectivity index is 2.52. The van der Waals surface area contributed by atoms with Crippen molar-refractivity contribution in [2.45, 2.75) is 12.8 Å². The van der Waals surface area contributed by atoms with Crippen LogP contribution in [-0.2, 0) is 9.53 Å². The Labute approximate surface area is 103 Å². The molecule has 5 heteroatoms. The van der Waals surface area contributed by atoms with Gasteiger partial charge in [0.25, 0.3) is 0 Å². The van der Waals surface area contributed by atoms with Gasteiger partial charge in [0.05, 0.1) is 5.69 Å². The molecule has 0 fully saturated rings. The molecule has 1 rings (SSSR count). The van der Waals surface area contributed by atoms with E-state index in [1.54, 1.807) is 25.3 Å². The molecule has 0 saturated heterocycles. The van der Waals surface area contributed by atoms with E-state index in [2.05, 4.69) is 21.2 Å². The van der Waals surface area contributed by atoms with Crippen molar-refractivity contribution < 1.29 is 9.53 Å². The minimum atomic E-state index is -0.0386. The van der Waals surface area contributed by atoms with Gasteiger partial charge in [0.15, 0.2) is 0 Å². The molecule has 3 N–H and O–H groups in total. The van der Waals surface area contributed by atoms with Gasteiger partial charge in [-0.15, -0.1) is 0 Å². The van der Waals surface area contributed by atoms with E-state index >= 15 is 0 Å². The summed E-state index contributed by atoms with van der Waals surface area (Å²) in [6.45, 7) is 0.589. The zero-order valence-electron chi connectivity index (χ0n) is 9.13. The summed E-state index contributed by atoms with van der Waals surface area (Å²) in [4.78, 5) is 11.5. The fraction of sp³-hybridized carbons (Fsp3) is 0.364. The van der Waals surface area contributed by atoms with Crippen LogP contribution in [0.1, 0.15) is 12.8 Å². The number of hydrogen-bond acceptors (Lipinski definition) is 3. The zero-order valence-corrected chi connectivity index (χ0v) is 10.7. The first-order valence-corrected chi connectivity index (χ1v) is 5.76. The number of nitrogen functional groups attached to an aromatic ring is 1. The molecule has 0 unspecified atom stereocenters. The van der Waals surface area contributed by atoms with Crippen molar-refractivity contribution in [3.05, 3.63) is 22.7 Å². The van der Waals surface area contributed by atoms with Gasteiger partial charge < -0.3 is 15.8 Å². The molecule has 1 amide bonds. The van der Waals surface area contributed by atoms with Gasteiger partial charge in [-0.3, -0.25) is 4.79 Å². The lowest BCUT2D eigenvalue weighted by Crippen LogP contribution is -2.12. The Morgan fingerprint density at radius 3 is 3.00 bits per heavy atom. The molecule has 1 aromatic rings. The number of methoxy groups -OCH3 is 1. The summed E-state index contributed by atoms with van der Waals surface area (Å²) in [5.74, 6) is -0.0386. The van der Waals surface area contributed by atoms with E-state index in [-0.39, 0.29) is 5.91 Å². The summed E-state index contributed by atoms with van der Waals surface area (Å²) in [6.07, 6.45) is 1.15. The van der Waals surface area contributed by atoms with Crippen LogP contribution in [0, 0.1) is 0 Å². The van der Waals surface area contributed by atoms with Crippen LogP contribution < -0.4 is 11.1 Å². The molecule has 0 atom stereocenters. The largest absolute Gasteiger partial charge is 0.399 e. The summed E-state index contributed by atoms with van der Waals surface area (Å²) in [5.41, 5.74) is 6.95. The first-order valence-electron chi connectivity index (χ1n) is 4.97. The number of benzene rings is 1. The molecule has 0 spiro atoms. The van der Waals surface area contributed by atoms with Crippen LogP contribution in [0.25, 0.3) is 0 Å². The lowest BCUT2D eigenvalue weighted by molar-refractivity contribution is -0.116. The predicted octanol–water partition coefficient (Wildman–Crippen LogP) is 2.40. The van der Waals surface area contributed by atoms with Crippen LogP contribution >= 0.6 is 15.9 Å². The molecule has 0 aromatic heterocycles. The smallest absolute Gasteiger partial charge is 0.224 e. The van der Waals surface area contributed by atoms with Crippen molar-refractivity contribution in [2.24, 2.45) is 0 Å². The average molecular weight is 287 g/mol. The quantitative estimate of drug-likeness (QED) is 0.645. The van der Waals surface area contributed by atoms with Gasteiger partial charge in [0.1, 0.15) is 0 Å². The lowest BCUT2D eigenvalue weighted by atomic mass is 10.2. The second-order valence-electron chi connectivity index (χ2n) is 3.38.